The van der Waals surface area contributed by atoms with Gasteiger partial charge >= 0.3 is 0 Å². The molecule has 1 amide bonds. The van der Waals surface area contributed by atoms with E-state index in [4.69, 9.17) is 0 Å². The van der Waals surface area contributed by atoms with Crippen molar-refractivity contribution in [2.45, 2.75) is 45.1 Å². The summed E-state index contributed by atoms with van der Waals surface area (Å²) in [7, 11) is -3.93. The predicted octanol–water partition coefficient (Wildman–Crippen LogP) is 5.07. The fourth-order valence-corrected chi connectivity index (χ4v) is 5.10. The van der Waals surface area contributed by atoms with Gasteiger partial charge in [-0.15, -0.1) is 0 Å². The number of benzene rings is 3. The summed E-state index contributed by atoms with van der Waals surface area (Å²) >= 11 is 0. The van der Waals surface area contributed by atoms with Crippen molar-refractivity contribution in [1.29, 1.82) is 0 Å². The van der Waals surface area contributed by atoms with Crippen LogP contribution in [0.2, 0.25) is 0 Å². The van der Waals surface area contributed by atoms with Crippen LogP contribution in [0, 0.1) is 20.8 Å². The lowest BCUT2D eigenvalue weighted by molar-refractivity contribution is -0.120. The van der Waals surface area contributed by atoms with E-state index >= 15 is 0 Å². The molecule has 3 rings (SSSR count). The molecule has 0 saturated carbocycles. The van der Waals surface area contributed by atoms with Crippen LogP contribution in [0.3, 0.4) is 0 Å². The predicted molar refractivity (Wildman–Crippen MR) is 129 cm³/mol. The highest BCUT2D eigenvalue weighted by Crippen LogP contribution is 2.28. The third kappa shape index (κ3) is 5.37. The van der Waals surface area contributed by atoms with Gasteiger partial charge in [-0.05, 0) is 62.1 Å². The van der Waals surface area contributed by atoms with Crippen molar-refractivity contribution < 1.29 is 13.2 Å². The second kappa shape index (κ2) is 10.0. The summed E-state index contributed by atoms with van der Waals surface area (Å²) < 4.78 is 28.3. The van der Waals surface area contributed by atoms with E-state index in [9.17, 15) is 13.2 Å². The molecule has 32 heavy (non-hydrogen) atoms. The molecule has 0 saturated heterocycles. The minimum absolute atomic E-state index is 0.152. The zero-order valence-corrected chi connectivity index (χ0v) is 19.8. The van der Waals surface area contributed by atoms with Gasteiger partial charge in [0.15, 0.2) is 0 Å². The number of rotatable bonds is 8. The third-order valence-electron chi connectivity index (χ3n) is 5.47. The smallest absolute Gasteiger partial charge is 0.264 e. The molecule has 0 heterocycles. The molecule has 0 spiro atoms. The number of hydrogen-bond acceptors (Lipinski definition) is 3. The highest BCUT2D eigenvalue weighted by molar-refractivity contribution is 7.92. The van der Waals surface area contributed by atoms with Crippen molar-refractivity contribution in [1.82, 2.24) is 5.32 Å². The van der Waals surface area contributed by atoms with E-state index in [1.807, 2.05) is 64.1 Å². The molecule has 0 unspecified atom stereocenters. The number of carbonyl (C=O) groups is 1. The Labute approximate surface area is 191 Å². The molecule has 0 aromatic heterocycles. The number of amides is 1. The maximum Gasteiger partial charge on any atom is 0.264 e. The molecule has 6 heteroatoms. The maximum absolute atomic E-state index is 13.5. The van der Waals surface area contributed by atoms with Crippen LogP contribution in [0.5, 0.6) is 0 Å². The summed E-state index contributed by atoms with van der Waals surface area (Å²) in [5.74, 6) is -0.349. The first-order valence-corrected chi connectivity index (χ1v) is 12.2. The normalized spacial score (nSPS) is 12.2. The lowest BCUT2D eigenvalue weighted by atomic mass is 10.0. The van der Waals surface area contributed by atoms with Crippen LogP contribution in [0.1, 0.15) is 41.6 Å². The van der Waals surface area contributed by atoms with Gasteiger partial charge in [0.2, 0.25) is 5.91 Å². The molecule has 0 aliphatic heterocycles. The lowest BCUT2D eigenvalue weighted by Crippen LogP contribution is -2.42. The van der Waals surface area contributed by atoms with E-state index in [1.165, 1.54) is 4.31 Å². The van der Waals surface area contributed by atoms with Crippen LogP contribution in [-0.4, -0.2) is 20.9 Å². The molecular formula is C26H30N2O3S. The van der Waals surface area contributed by atoms with Crippen LogP contribution in [0.15, 0.2) is 77.7 Å². The standard InChI is InChI=1S/C26H30N2O3S/c1-5-24(22-15-12-19(2)13-16-22)27-26(29)18-28(25-17-20(3)11-14-21(25)4)32(30,31)23-9-7-6-8-10-23/h6-17,24H,5,18H2,1-4H3,(H,27,29)/t24-/m0/s1. The number of nitrogens with zero attached hydrogens (tertiary/aromatic N) is 1. The highest BCUT2D eigenvalue weighted by atomic mass is 32.2. The topological polar surface area (TPSA) is 66.5 Å². The average Bonchev–Trinajstić information content (AvgIpc) is 2.79. The van der Waals surface area contributed by atoms with Crippen LogP contribution < -0.4 is 9.62 Å². The molecule has 1 atom stereocenters. The van der Waals surface area contributed by atoms with Gasteiger partial charge in [0, 0.05) is 0 Å². The number of carbonyl (C=O) groups excluding carboxylic acids is 1. The molecule has 0 aliphatic rings. The molecule has 3 aromatic carbocycles. The van der Waals surface area contributed by atoms with Crippen molar-refractivity contribution >= 4 is 21.6 Å². The molecular weight excluding hydrogens is 420 g/mol. The lowest BCUT2D eigenvalue weighted by Gasteiger charge is -2.27. The van der Waals surface area contributed by atoms with Crippen molar-refractivity contribution in [2.75, 3.05) is 10.8 Å². The summed E-state index contributed by atoms with van der Waals surface area (Å²) in [5, 5.41) is 3.02. The Morgan fingerprint density at radius 3 is 2.16 bits per heavy atom. The molecule has 0 fully saturated rings. The largest absolute Gasteiger partial charge is 0.348 e. The molecule has 1 N–H and O–H groups in total. The van der Waals surface area contributed by atoms with Crippen LogP contribution in [-0.2, 0) is 14.8 Å². The molecule has 0 bridgehead atoms. The highest BCUT2D eigenvalue weighted by Gasteiger charge is 2.29. The van der Waals surface area contributed by atoms with Crippen LogP contribution >= 0.6 is 0 Å². The van der Waals surface area contributed by atoms with E-state index in [0.717, 1.165) is 22.3 Å². The Balaban J connectivity index is 1.94. The van der Waals surface area contributed by atoms with E-state index < -0.39 is 10.0 Å². The van der Waals surface area contributed by atoms with Gasteiger partial charge in [-0.1, -0.05) is 67.1 Å². The molecule has 168 valence electrons. The summed E-state index contributed by atoms with van der Waals surface area (Å²) in [6.07, 6.45) is 0.698. The summed E-state index contributed by atoms with van der Waals surface area (Å²) in [6.45, 7) is 7.46. The Morgan fingerprint density at radius 2 is 1.53 bits per heavy atom. The second-order valence-corrected chi connectivity index (χ2v) is 9.92. The van der Waals surface area contributed by atoms with E-state index in [2.05, 4.69) is 5.32 Å². The van der Waals surface area contributed by atoms with Gasteiger partial charge in [0.05, 0.1) is 16.6 Å². The van der Waals surface area contributed by atoms with E-state index in [-0.39, 0.29) is 23.4 Å². The molecule has 5 nitrogen and oxygen atoms in total. The zero-order valence-electron chi connectivity index (χ0n) is 19.0. The molecule has 3 aromatic rings. The Morgan fingerprint density at radius 1 is 0.906 bits per heavy atom. The second-order valence-electron chi connectivity index (χ2n) is 8.05. The van der Waals surface area contributed by atoms with E-state index in [0.29, 0.717) is 12.1 Å². The average molecular weight is 451 g/mol. The Bertz CT molecular complexity index is 1170. The van der Waals surface area contributed by atoms with E-state index in [1.54, 1.807) is 36.4 Å². The molecule has 0 radical (unpaired) electrons. The van der Waals surface area contributed by atoms with Crippen molar-refractivity contribution in [3.63, 3.8) is 0 Å². The number of anilines is 1. The van der Waals surface area contributed by atoms with Crippen molar-refractivity contribution in [3.8, 4) is 0 Å². The number of aryl methyl sites for hydroxylation is 3. The number of nitrogens with one attached hydrogen (secondary N) is 1. The van der Waals surface area contributed by atoms with Gasteiger partial charge in [-0.25, -0.2) is 8.42 Å². The Hall–Kier alpha value is -3.12. The first-order chi connectivity index (χ1) is 15.2. The minimum atomic E-state index is -3.93. The maximum atomic E-state index is 13.5. The van der Waals surface area contributed by atoms with Gasteiger partial charge < -0.3 is 5.32 Å². The summed E-state index contributed by atoms with van der Waals surface area (Å²) in [6, 6.07) is 21.6. The zero-order chi connectivity index (χ0) is 23.3. The van der Waals surface area contributed by atoms with Gasteiger partial charge in [-0.2, -0.15) is 0 Å². The van der Waals surface area contributed by atoms with Crippen LogP contribution in [0.4, 0.5) is 5.69 Å². The minimum Gasteiger partial charge on any atom is -0.348 e. The first kappa shape index (κ1) is 23.5. The number of sulfonamides is 1. The monoisotopic (exact) mass is 450 g/mol. The van der Waals surface area contributed by atoms with Crippen molar-refractivity contribution in [3.05, 3.63) is 95.1 Å². The number of hydrogen-bond donors (Lipinski definition) is 1. The van der Waals surface area contributed by atoms with Crippen LogP contribution in [0.25, 0.3) is 0 Å². The summed E-state index contributed by atoms with van der Waals surface area (Å²) in [5.41, 5.74) is 4.35. The van der Waals surface area contributed by atoms with Gasteiger partial charge in [0.25, 0.3) is 10.0 Å². The fraction of sp³-hybridized carbons (Fsp3) is 0.269. The first-order valence-electron chi connectivity index (χ1n) is 10.7. The van der Waals surface area contributed by atoms with Crippen molar-refractivity contribution in [2.24, 2.45) is 0 Å². The third-order valence-corrected chi connectivity index (χ3v) is 7.25. The quantitative estimate of drug-likeness (QED) is 0.521. The Kier molecular flexibility index (Phi) is 7.36. The fourth-order valence-electron chi connectivity index (χ4n) is 3.60. The summed E-state index contributed by atoms with van der Waals surface area (Å²) in [4.78, 5) is 13.2. The molecule has 0 aliphatic carbocycles. The van der Waals surface area contributed by atoms with Gasteiger partial charge in [-0.3, -0.25) is 9.10 Å². The SMILES string of the molecule is CC[C@H](NC(=O)CN(c1cc(C)ccc1C)S(=O)(=O)c1ccccc1)c1ccc(C)cc1. The van der Waals surface area contributed by atoms with Gasteiger partial charge in [0.1, 0.15) is 6.54 Å².